The summed E-state index contributed by atoms with van der Waals surface area (Å²) in [6.45, 7) is 11.1. The van der Waals surface area contributed by atoms with E-state index in [0.717, 1.165) is 31.7 Å². The number of benzene rings is 2. The van der Waals surface area contributed by atoms with Crippen molar-refractivity contribution < 1.29 is 18.0 Å². The van der Waals surface area contributed by atoms with E-state index in [0.29, 0.717) is 12.1 Å². The topological polar surface area (TPSA) is 86.8 Å². The van der Waals surface area contributed by atoms with Crippen LogP contribution in [0.15, 0.2) is 46.9 Å². The first-order valence-corrected chi connectivity index (χ1v) is 14.2. The third-order valence-corrected chi connectivity index (χ3v) is 7.50. The van der Waals surface area contributed by atoms with Gasteiger partial charge >= 0.3 is 0 Å². The molecule has 0 spiro atoms. The van der Waals surface area contributed by atoms with Gasteiger partial charge in [-0.15, -0.1) is 0 Å². The monoisotopic (exact) mass is 565 g/mol. The highest BCUT2D eigenvalue weighted by Crippen LogP contribution is 2.25. The number of hydrogen-bond acceptors (Lipinski definition) is 4. The Bertz CT molecular complexity index is 1160. The average molecular weight is 567 g/mol. The standard InChI is InChI=1S/C26H36BrN3O4S/c1-8-23(25(32)28-26(4,5)6)29(16-20-11-9-18(2)10-12-20)24(31)17-30(35(7,33)34)21-13-14-22(27)19(3)15-21/h9-15,23H,8,16-17H2,1-7H3,(H,28,32)/t23-/m0/s1. The molecule has 2 rings (SSSR count). The Morgan fingerprint density at radius 3 is 2.14 bits per heavy atom. The molecule has 192 valence electrons. The van der Waals surface area contributed by atoms with Crippen molar-refractivity contribution in [1.82, 2.24) is 10.2 Å². The van der Waals surface area contributed by atoms with Crippen LogP contribution in [-0.2, 0) is 26.2 Å². The number of amides is 2. The fourth-order valence-corrected chi connectivity index (χ4v) is 4.75. The Morgan fingerprint density at radius 2 is 1.66 bits per heavy atom. The zero-order chi connectivity index (χ0) is 26.6. The van der Waals surface area contributed by atoms with Gasteiger partial charge in [0.2, 0.25) is 21.8 Å². The molecule has 0 aliphatic rings. The van der Waals surface area contributed by atoms with Gasteiger partial charge in [-0.25, -0.2) is 8.42 Å². The second-order valence-corrected chi connectivity index (χ2v) is 12.6. The second kappa shape index (κ2) is 11.6. The van der Waals surface area contributed by atoms with Crippen molar-refractivity contribution in [2.75, 3.05) is 17.1 Å². The van der Waals surface area contributed by atoms with E-state index in [2.05, 4.69) is 21.2 Å². The Morgan fingerprint density at radius 1 is 1.06 bits per heavy atom. The molecule has 35 heavy (non-hydrogen) atoms. The van der Waals surface area contributed by atoms with Crippen LogP contribution in [0.2, 0.25) is 0 Å². The van der Waals surface area contributed by atoms with Crippen molar-refractivity contribution >= 4 is 43.5 Å². The minimum absolute atomic E-state index is 0.187. The molecule has 0 saturated heterocycles. The minimum Gasteiger partial charge on any atom is -0.350 e. The molecule has 2 amide bonds. The molecule has 0 heterocycles. The van der Waals surface area contributed by atoms with Crippen molar-refractivity contribution in [2.45, 2.75) is 66.1 Å². The largest absolute Gasteiger partial charge is 0.350 e. The van der Waals surface area contributed by atoms with Crippen LogP contribution < -0.4 is 9.62 Å². The second-order valence-electron chi connectivity index (χ2n) is 9.87. The number of aryl methyl sites for hydroxylation is 2. The van der Waals surface area contributed by atoms with Crippen molar-refractivity contribution in [3.05, 3.63) is 63.6 Å². The fourth-order valence-electron chi connectivity index (χ4n) is 3.66. The minimum atomic E-state index is -3.77. The Balaban J connectivity index is 2.47. The molecule has 7 nitrogen and oxygen atoms in total. The predicted molar refractivity (Wildman–Crippen MR) is 145 cm³/mol. The zero-order valence-electron chi connectivity index (χ0n) is 21.6. The first kappa shape index (κ1) is 28.8. The maximum Gasteiger partial charge on any atom is 0.244 e. The molecular formula is C26H36BrN3O4S. The van der Waals surface area contributed by atoms with Gasteiger partial charge in [-0.05, 0) is 70.4 Å². The number of anilines is 1. The summed E-state index contributed by atoms with van der Waals surface area (Å²) in [6.07, 6.45) is 1.46. The fraction of sp³-hybridized carbons (Fsp3) is 0.462. The maximum absolute atomic E-state index is 13.7. The van der Waals surface area contributed by atoms with Gasteiger partial charge in [0.05, 0.1) is 11.9 Å². The number of carbonyl (C=O) groups is 2. The molecule has 2 aromatic carbocycles. The summed E-state index contributed by atoms with van der Waals surface area (Å²) in [5, 5.41) is 2.96. The number of sulfonamides is 1. The zero-order valence-corrected chi connectivity index (χ0v) is 24.0. The highest BCUT2D eigenvalue weighted by molar-refractivity contribution is 9.10. The molecule has 1 N–H and O–H groups in total. The van der Waals surface area contributed by atoms with Crippen LogP contribution >= 0.6 is 15.9 Å². The summed E-state index contributed by atoms with van der Waals surface area (Å²) in [7, 11) is -3.77. The van der Waals surface area contributed by atoms with Gasteiger partial charge in [-0.3, -0.25) is 13.9 Å². The van der Waals surface area contributed by atoms with Gasteiger partial charge in [0.25, 0.3) is 0 Å². The van der Waals surface area contributed by atoms with Gasteiger partial charge in [-0.2, -0.15) is 0 Å². The normalized spacial score (nSPS) is 12.7. The van der Waals surface area contributed by atoms with E-state index in [1.165, 1.54) is 4.90 Å². The maximum atomic E-state index is 13.7. The van der Waals surface area contributed by atoms with Gasteiger partial charge < -0.3 is 10.2 Å². The van der Waals surface area contributed by atoms with Crippen LogP contribution in [-0.4, -0.2) is 49.5 Å². The van der Waals surface area contributed by atoms with Crippen molar-refractivity contribution in [3.63, 3.8) is 0 Å². The van der Waals surface area contributed by atoms with Gasteiger partial charge in [0.1, 0.15) is 12.6 Å². The molecule has 0 unspecified atom stereocenters. The molecule has 0 radical (unpaired) electrons. The van der Waals surface area contributed by atoms with Crippen LogP contribution in [0, 0.1) is 13.8 Å². The summed E-state index contributed by atoms with van der Waals surface area (Å²) >= 11 is 3.43. The third kappa shape index (κ3) is 8.35. The Labute approximate surface area is 218 Å². The lowest BCUT2D eigenvalue weighted by Crippen LogP contribution is -2.55. The number of carbonyl (C=O) groups excluding carboxylic acids is 2. The van der Waals surface area contributed by atoms with E-state index in [1.54, 1.807) is 18.2 Å². The van der Waals surface area contributed by atoms with Crippen molar-refractivity contribution in [3.8, 4) is 0 Å². The average Bonchev–Trinajstić information content (AvgIpc) is 2.73. The van der Waals surface area contributed by atoms with Crippen molar-refractivity contribution in [1.29, 1.82) is 0 Å². The summed E-state index contributed by atoms with van der Waals surface area (Å²) < 4.78 is 27.3. The van der Waals surface area contributed by atoms with Crippen LogP contribution in [0.3, 0.4) is 0 Å². The van der Waals surface area contributed by atoms with E-state index < -0.39 is 34.1 Å². The quantitative estimate of drug-likeness (QED) is 0.483. The molecule has 0 fully saturated rings. The summed E-state index contributed by atoms with van der Waals surface area (Å²) in [5.74, 6) is -0.724. The molecule has 2 aromatic rings. The molecule has 0 bridgehead atoms. The lowest BCUT2D eigenvalue weighted by Gasteiger charge is -2.34. The van der Waals surface area contributed by atoms with Crippen molar-refractivity contribution in [2.24, 2.45) is 0 Å². The number of hydrogen-bond donors (Lipinski definition) is 1. The first-order valence-electron chi connectivity index (χ1n) is 11.5. The predicted octanol–water partition coefficient (Wildman–Crippen LogP) is 4.55. The molecule has 0 aromatic heterocycles. The number of rotatable bonds is 9. The number of nitrogens with one attached hydrogen (secondary N) is 1. The van der Waals surface area contributed by atoms with Crippen LogP contribution in [0.5, 0.6) is 0 Å². The lowest BCUT2D eigenvalue weighted by molar-refractivity contribution is -0.141. The van der Waals surface area contributed by atoms with Crippen LogP contribution in [0.1, 0.15) is 50.8 Å². The SMILES string of the molecule is CC[C@@H](C(=O)NC(C)(C)C)N(Cc1ccc(C)cc1)C(=O)CN(c1ccc(Br)c(C)c1)S(C)(=O)=O. The van der Waals surface area contributed by atoms with Crippen LogP contribution in [0.25, 0.3) is 0 Å². The summed E-state index contributed by atoms with van der Waals surface area (Å²) in [4.78, 5) is 28.4. The molecule has 0 saturated carbocycles. The molecular weight excluding hydrogens is 530 g/mol. The smallest absolute Gasteiger partial charge is 0.244 e. The summed E-state index contributed by atoms with van der Waals surface area (Å²) in [6, 6.07) is 12.1. The van der Waals surface area contributed by atoms with E-state index in [4.69, 9.17) is 0 Å². The Kier molecular flexibility index (Phi) is 9.53. The van der Waals surface area contributed by atoms with Gasteiger partial charge in [-0.1, -0.05) is 52.7 Å². The molecule has 9 heteroatoms. The molecule has 0 aliphatic heterocycles. The lowest BCUT2D eigenvalue weighted by atomic mass is 10.1. The highest BCUT2D eigenvalue weighted by atomic mass is 79.9. The van der Waals surface area contributed by atoms with E-state index >= 15 is 0 Å². The van der Waals surface area contributed by atoms with E-state index in [-0.39, 0.29) is 12.5 Å². The van der Waals surface area contributed by atoms with Crippen LogP contribution in [0.4, 0.5) is 5.69 Å². The first-order chi connectivity index (χ1) is 16.1. The third-order valence-electron chi connectivity index (χ3n) is 5.47. The highest BCUT2D eigenvalue weighted by Gasteiger charge is 2.33. The van der Waals surface area contributed by atoms with Gasteiger partial charge in [0.15, 0.2) is 0 Å². The van der Waals surface area contributed by atoms with E-state index in [9.17, 15) is 18.0 Å². The Hall–Kier alpha value is -2.39. The summed E-state index contributed by atoms with van der Waals surface area (Å²) in [5.41, 5.74) is 2.70. The van der Waals surface area contributed by atoms with Gasteiger partial charge in [0, 0.05) is 16.6 Å². The number of halogens is 1. The van der Waals surface area contributed by atoms with E-state index in [1.807, 2.05) is 65.8 Å². The molecule has 0 aliphatic carbocycles. The molecule has 1 atom stereocenters. The number of nitrogens with zero attached hydrogens (tertiary/aromatic N) is 2.